The highest BCUT2D eigenvalue weighted by Crippen LogP contribution is 2.21. The van der Waals surface area contributed by atoms with Gasteiger partial charge >= 0.3 is 16.2 Å². The minimum atomic E-state index is -4.01. The van der Waals surface area contributed by atoms with Crippen molar-refractivity contribution in [1.82, 2.24) is 4.31 Å². The molecule has 2 rings (SSSR count). The SMILES string of the molecule is CN1C(C(=O)O)=CC(c2cccc(Br)c2)=NS1(=O)=O. The minimum absolute atomic E-state index is 0.0943. The van der Waals surface area contributed by atoms with Gasteiger partial charge in [-0.05, 0) is 18.2 Å². The fourth-order valence-corrected chi connectivity index (χ4v) is 2.84. The van der Waals surface area contributed by atoms with Crippen molar-refractivity contribution in [2.75, 3.05) is 7.05 Å². The third-order valence-corrected chi connectivity index (χ3v) is 4.32. The number of carboxylic acid groups (broad SMARTS) is 1. The van der Waals surface area contributed by atoms with E-state index in [-0.39, 0.29) is 11.4 Å². The summed E-state index contributed by atoms with van der Waals surface area (Å²) in [6, 6.07) is 6.80. The molecule has 1 N–H and O–H groups in total. The Morgan fingerprint density at radius 1 is 1.42 bits per heavy atom. The molecular formula is C11H9BrN2O4S. The van der Waals surface area contributed by atoms with Crippen LogP contribution in [-0.2, 0) is 15.0 Å². The summed E-state index contributed by atoms with van der Waals surface area (Å²) in [5.74, 6) is -1.33. The van der Waals surface area contributed by atoms with Gasteiger partial charge in [0.15, 0.2) is 0 Å². The van der Waals surface area contributed by atoms with Gasteiger partial charge < -0.3 is 5.11 Å². The van der Waals surface area contributed by atoms with Crippen molar-refractivity contribution in [3.05, 3.63) is 46.1 Å². The summed E-state index contributed by atoms with van der Waals surface area (Å²) in [6.45, 7) is 0. The van der Waals surface area contributed by atoms with Gasteiger partial charge in [0.05, 0.1) is 5.71 Å². The third-order valence-electron chi connectivity index (χ3n) is 2.51. The Morgan fingerprint density at radius 2 is 2.11 bits per heavy atom. The van der Waals surface area contributed by atoms with Gasteiger partial charge in [-0.1, -0.05) is 28.1 Å². The fraction of sp³-hybridized carbons (Fsp3) is 0.0909. The highest BCUT2D eigenvalue weighted by molar-refractivity contribution is 9.10. The maximum atomic E-state index is 11.8. The standard InChI is InChI=1S/C11H9BrN2O4S/c1-14-10(11(15)16)6-9(13-19(14,17)18)7-3-2-4-8(12)5-7/h2-6H,1H3,(H,15,16). The van der Waals surface area contributed by atoms with Crippen LogP contribution >= 0.6 is 15.9 Å². The lowest BCUT2D eigenvalue weighted by Crippen LogP contribution is -2.33. The van der Waals surface area contributed by atoms with Crippen molar-refractivity contribution in [2.45, 2.75) is 0 Å². The van der Waals surface area contributed by atoms with E-state index in [0.717, 1.165) is 11.5 Å². The first kappa shape index (κ1) is 13.8. The van der Waals surface area contributed by atoms with Gasteiger partial charge in [0.2, 0.25) is 0 Å². The van der Waals surface area contributed by atoms with Gasteiger partial charge in [-0.25, -0.2) is 9.10 Å². The molecule has 1 aliphatic rings. The molecule has 1 aliphatic heterocycles. The lowest BCUT2D eigenvalue weighted by atomic mass is 10.1. The number of hydrogen-bond acceptors (Lipinski definition) is 3. The molecule has 6 nitrogen and oxygen atoms in total. The summed E-state index contributed by atoms with van der Waals surface area (Å²) < 4.78 is 28.5. The lowest BCUT2D eigenvalue weighted by Gasteiger charge is -2.21. The first-order valence-electron chi connectivity index (χ1n) is 5.11. The molecule has 0 bridgehead atoms. The predicted molar refractivity (Wildman–Crippen MR) is 73.1 cm³/mol. The number of likely N-dealkylation sites (N-methyl/N-ethyl adjacent to an activating group) is 1. The molecule has 0 atom stereocenters. The maximum Gasteiger partial charge on any atom is 0.353 e. The van der Waals surface area contributed by atoms with Crippen molar-refractivity contribution in [2.24, 2.45) is 4.40 Å². The number of benzene rings is 1. The Hall–Kier alpha value is -1.67. The van der Waals surface area contributed by atoms with Crippen molar-refractivity contribution in [1.29, 1.82) is 0 Å². The first-order chi connectivity index (χ1) is 8.81. The molecule has 0 amide bonds. The topological polar surface area (TPSA) is 87.0 Å². The maximum absolute atomic E-state index is 11.8. The van der Waals surface area contributed by atoms with E-state index >= 15 is 0 Å². The van der Waals surface area contributed by atoms with Crippen LogP contribution in [0, 0.1) is 0 Å². The second-order valence-corrected chi connectivity index (χ2v) is 6.31. The summed E-state index contributed by atoms with van der Waals surface area (Å²) in [5.41, 5.74) is 0.270. The molecule has 0 aromatic heterocycles. The van der Waals surface area contributed by atoms with Crippen LogP contribution in [0.15, 0.2) is 44.9 Å². The summed E-state index contributed by atoms with van der Waals surface area (Å²) in [4.78, 5) is 11.1. The van der Waals surface area contributed by atoms with E-state index in [2.05, 4.69) is 20.3 Å². The molecule has 0 radical (unpaired) electrons. The van der Waals surface area contributed by atoms with Crippen LogP contribution in [0.1, 0.15) is 5.56 Å². The molecule has 8 heteroatoms. The monoisotopic (exact) mass is 344 g/mol. The molecule has 1 aromatic rings. The quantitative estimate of drug-likeness (QED) is 0.878. The highest BCUT2D eigenvalue weighted by Gasteiger charge is 2.29. The molecule has 0 aliphatic carbocycles. The van der Waals surface area contributed by atoms with Crippen LogP contribution < -0.4 is 0 Å². The van der Waals surface area contributed by atoms with E-state index in [4.69, 9.17) is 5.11 Å². The molecule has 19 heavy (non-hydrogen) atoms. The lowest BCUT2D eigenvalue weighted by molar-refractivity contribution is -0.133. The van der Waals surface area contributed by atoms with E-state index in [1.807, 2.05) is 0 Å². The number of carbonyl (C=O) groups is 1. The smallest absolute Gasteiger partial charge is 0.353 e. The minimum Gasteiger partial charge on any atom is -0.477 e. The number of allylic oxidation sites excluding steroid dienone is 1. The highest BCUT2D eigenvalue weighted by atomic mass is 79.9. The van der Waals surface area contributed by atoms with Crippen molar-refractivity contribution < 1.29 is 18.3 Å². The molecule has 100 valence electrons. The van der Waals surface area contributed by atoms with E-state index in [1.165, 1.54) is 6.08 Å². The van der Waals surface area contributed by atoms with E-state index < -0.39 is 16.2 Å². The fourth-order valence-electron chi connectivity index (χ4n) is 1.54. The van der Waals surface area contributed by atoms with Crippen molar-refractivity contribution in [3.8, 4) is 0 Å². The zero-order valence-corrected chi connectivity index (χ0v) is 12.1. The number of halogens is 1. The molecule has 0 saturated carbocycles. The van der Waals surface area contributed by atoms with Crippen LogP contribution in [0.4, 0.5) is 0 Å². The number of carboxylic acids is 1. The number of nitrogens with zero attached hydrogens (tertiary/aromatic N) is 2. The van der Waals surface area contributed by atoms with E-state index in [9.17, 15) is 13.2 Å². The Labute approximate surface area is 118 Å². The number of hydrogen-bond donors (Lipinski definition) is 1. The zero-order chi connectivity index (χ0) is 14.2. The molecule has 0 spiro atoms. The Bertz CT molecular complexity index is 709. The summed E-state index contributed by atoms with van der Waals surface area (Å²) in [5, 5.41) is 9.02. The Balaban J connectivity index is 2.61. The zero-order valence-electron chi connectivity index (χ0n) is 9.74. The van der Waals surface area contributed by atoms with Crippen LogP contribution in [0.5, 0.6) is 0 Å². The molecule has 1 heterocycles. The van der Waals surface area contributed by atoms with Gasteiger partial charge in [-0.15, -0.1) is 4.40 Å². The summed E-state index contributed by atoms with van der Waals surface area (Å²) in [6.07, 6.45) is 1.23. The largest absolute Gasteiger partial charge is 0.477 e. The average molecular weight is 345 g/mol. The van der Waals surface area contributed by atoms with Gasteiger partial charge in [0, 0.05) is 17.1 Å². The third kappa shape index (κ3) is 2.69. The van der Waals surface area contributed by atoms with Gasteiger partial charge in [0.25, 0.3) is 0 Å². The molecule has 0 unspecified atom stereocenters. The second kappa shape index (κ2) is 4.78. The van der Waals surface area contributed by atoms with Gasteiger partial charge in [-0.3, -0.25) is 0 Å². The van der Waals surface area contributed by atoms with Crippen molar-refractivity contribution in [3.63, 3.8) is 0 Å². The van der Waals surface area contributed by atoms with E-state index in [1.54, 1.807) is 24.3 Å². The van der Waals surface area contributed by atoms with Crippen LogP contribution in [0.2, 0.25) is 0 Å². The van der Waals surface area contributed by atoms with Crippen LogP contribution in [-0.4, -0.2) is 36.6 Å². The van der Waals surface area contributed by atoms with Crippen LogP contribution in [0.25, 0.3) is 0 Å². The van der Waals surface area contributed by atoms with Crippen LogP contribution in [0.3, 0.4) is 0 Å². The number of aliphatic carboxylic acids is 1. The van der Waals surface area contributed by atoms with Gasteiger partial charge in [0.1, 0.15) is 5.70 Å². The molecular weight excluding hydrogens is 336 g/mol. The second-order valence-electron chi connectivity index (χ2n) is 3.77. The predicted octanol–water partition coefficient (Wildman–Crippen LogP) is 1.40. The molecule has 0 saturated heterocycles. The molecule has 1 aromatic carbocycles. The van der Waals surface area contributed by atoms with Gasteiger partial charge in [-0.2, -0.15) is 8.42 Å². The first-order valence-corrected chi connectivity index (χ1v) is 7.30. The summed E-state index contributed by atoms with van der Waals surface area (Å²) in [7, 11) is -2.86. The Morgan fingerprint density at radius 3 is 2.68 bits per heavy atom. The van der Waals surface area contributed by atoms with Crippen molar-refractivity contribution >= 4 is 37.8 Å². The van der Waals surface area contributed by atoms with E-state index in [0.29, 0.717) is 9.87 Å². The average Bonchev–Trinajstić information content (AvgIpc) is 2.32. The summed E-state index contributed by atoms with van der Waals surface area (Å²) >= 11 is 3.26. The molecule has 0 fully saturated rings. The Kier molecular flexibility index (Phi) is 3.46. The normalized spacial score (nSPS) is 17.7. The number of rotatable bonds is 2.